The quantitative estimate of drug-likeness (QED) is 0.222. The van der Waals surface area contributed by atoms with E-state index in [1.54, 1.807) is 0 Å². The van der Waals surface area contributed by atoms with E-state index in [-0.39, 0.29) is 11.9 Å². The summed E-state index contributed by atoms with van der Waals surface area (Å²) in [6.07, 6.45) is 0. The molecule has 194 valence electrons. The number of carbonyl (C=O) groups excluding carboxylic acids is 1. The lowest BCUT2D eigenvalue weighted by molar-refractivity contribution is 0.0730. The van der Waals surface area contributed by atoms with Crippen LogP contribution in [0.5, 0.6) is 5.75 Å². The number of hydrogen-bond acceptors (Lipinski definition) is 3. The van der Waals surface area contributed by atoms with Crippen LogP contribution in [0.15, 0.2) is 97.1 Å². The van der Waals surface area contributed by atoms with E-state index in [0.717, 1.165) is 39.3 Å². The topological polar surface area (TPSA) is 58.2 Å². The fraction of sp³-hybridized carbons (Fsp3) is 0.125. The molecule has 1 aliphatic rings. The number of aromatic nitrogens is 2. The van der Waals surface area contributed by atoms with Gasteiger partial charge in [-0.1, -0.05) is 89.4 Å². The molecule has 7 heteroatoms. The third kappa shape index (κ3) is 5.16. The lowest BCUT2D eigenvalue weighted by Gasteiger charge is -2.27. The average molecular weight is 554 g/mol. The van der Waals surface area contributed by atoms with Crippen LogP contribution in [0.25, 0.3) is 11.3 Å². The highest BCUT2D eigenvalue weighted by molar-refractivity contribution is 6.30. The summed E-state index contributed by atoms with van der Waals surface area (Å²) < 4.78 is 6.01. The Morgan fingerprint density at radius 1 is 0.821 bits per heavy atom. The first kappa shape index (κ1) is 25.2. The van der Waals surface area contributed by atoms with E-state index in [2.05, 4.69) is 41.4 Å². The number of benzene rings is 4. The summed E-state index contributed by atoms with van der Waals surface area (Å²) in [7, 11) is 0. The van der Waals surface area contributed by atoms with Crippen molar-refractivity contribution in [1.82, 2.24) is 15.1 Å². The van der Waals surface area contributed by atoms with Crippen LogP contribution in [-0.2, 0) is 13.2 Å². The third-order valence-electron chi connectivity index (χ3n) is 6.97. The highest BCUT2D eigenvalue weighted by atomic mass is 35.5. The first-order chi connectivity index (χ1) is 19.0. The van der Waals surface area contributed by atoms with Gasteiger partial charge in [0.1, 0.15) is 18.1 Å². The normalized spacial score (nSPS) is 14.5. The monoisotopic (exact) mass is 553 g/mol. The zero-order valence-corrected chi connectivity index (χ0v) is 22.7. The highest BCUT2D eigenvalue weighted by Gasteiger charge is 2.42. The fourth-order valence-electron chi connectivity index (χ4n) is 4.92. The van der Waals surface area contributed by atoms with Gasteiger partial charge in [0.15, 0.2) is 0 Å². The van der Waals surface area contributed by atoms with Crippen LogP contribution in [0.2, 0.25) is 10.0 Å². The lowest BCUT2D eigenvalue weighted by atomic mass is 9.96. The van der Waals surface area contributed by atoms with Crippen LogP contribution < -0.4 is 4.74 Å². The van der Waals surface area contributed by atoms with E-state index in [9.17, 15) is 4.79 Å². The summed E-state index contributed by atoms with van der Waals surface area (Å²) in [5, 5.41) is 8.92. The van der Waals surface area contributed by atoms with E-state index in [0.29, 0.717) is 28.9 Å². The van der Waals surface area contributed by atoms with Crippen molar-refractivity contribution in [1.29, 1.82) is 0 Å². The molecule has 0 bridgehead atoms. The van der Waals surface area contributed by atoms with E-state index >= 15 is 0 Å². The number of fused-ring (bicyclic) bond motifs is 1. The summed E-state index contributed by atoms with van der Waals surface area (Å²) in [6, 6.07) is 31.0. The standard InChI is InChI=1S/C32H25Cl2N3O2/c1-20-2-4-21(5-3-20)18-37-31(24-10-16-27(17-11-24)39-19-22-6-12-25(33)13-7-22)28-29(35-36-30(28)32(37)38)23-8-14-26(34)15-9-23/h2-17,31H,18-19H2,1H3,(H,35,36). The molecule has 6 rings (SSSR count). The van der Waals surface area contributed by atoms with Crippen molar-refractivity contribution >= 4 is 29.1 Å². The maximum Gasteiger partial charge on any atom is 0.273 e. The molecule has 1 N–H and O–H groups in total. The molecule has 5 aromatic rings. The van der Waals surface area contributed by atoms with Crippen molar-refractivity contribution < 1.29 is 9.53 Å². The highest BCUT2D eigenvalue weighted by Crippen LogP contribution is 2.44. The molecule has 1 aliphatic heterocycles. The zero-order valence-electron chi connectivity index (χ0n) is 21.2. The Balaban J connectivity index is 1.34. The van der Waals surface area contributed by atoms with Gasteiger partial charge in [-0.05, 0) is 60.0 Å². The predicted molar refractivity (Wildman–Crippen MR) is 154 cm³/mol. The summed E-state index contributed by atoms with van der Waals surface area (Å²) >= 11 is 12.1. The van der Waals surface area contributed by atoms with Gasteiger partial charge in [-0.3, -0.25) is 9.89 Å². The molecule has 0 saturated heterocycles. The number of halogens is 2. The number of nitrogens with zero attached hydrogens (tertiary/aromatic N) is 2. The average Bonchev–Trinajstić information content (AvgIpc) is 3.49. The molecular weight excluding hydrogens is 529 g/mol. The Bertz CT molecular complexity index is 1610. The van der Waals surface area contributed by atoms with Crippen molar-refractivity contribution in [3.05, 3.63) is 141 Å². The minimum Gasteiger partial charge on any atom is -0.489 e. The van der Waals surface area contributed by atoms with Gasteiger partial charge in [0.05, 0.1) is 11.7 Å². The number of aromatic amines is 1. The minimum atomic E-state index is -0.316. The van der Waals surface area contributed by atoms with Crippen molar-refractivity contribution in [2.24, 2.45) is 0 Å². The minimum absolute atomic E-state index is 0.0775. The van der Waals surface area contributed by atoms with Gasteiger partial charge in [0.2, 0.25) is 0 Å². The van der Waals surface area contributed by atoms with E-state index in [1.165, 1.54) is 5.56 Å². The first-order valence-corrected chi connectivity index (χ1v) is 13.4. The maximum absolute atomic E-state index is 13.7. The molecule has 4 aromatic carbocycles. The molecule has 1 amide bonds. The third-order valence-corrected chi connectivity index (χ3v) is 7.47. The molecular formula is C32H25Cl2N3O2. The van der Waals surface area contributed by atoms with Gasteiger partial charge in [-0.2, -0.15) is 5.10 Å². The van der Waals surface area contributed by atoms with Crippen molar-refractivity contribution in [3.63, 3.8) is 0 Å². The van der Waals surface area contributed by atoms with E-state index in [4.69, 9.17) is 27.9 Å². The Hall–Kier alpha value is -4.06. The first-order valence-electron chi connectivity index (χ1n) is 12.6. The van der Waals surface area contributed by atoms with Gasteiger partial charge in [0, 0.05) is 27.7 Å². The van der Waals surface area contributed by atoms with Crippen LogP contribution in [0.4, 0.5) is 0 Å². The zero-order chi connectivity index (χ0) is 26.9. The summed E-state index contributed by atoms with van der Waals surface area (Å²) in [4.78, 5) is 15.6. The summed E-state index contributed by atoms with van der Waals surface area (Å²) in [5.74, 6) is 0.666. The van der Waals surface area contributed by atoms with Crippen LogP contribution in [0.1, 0.15) is 44.3 Å². The summed E-state index contributed by atoms with van der Waals surface area (Å²) in [6.45, 7) is 2.96. The van der Waals surface area contributed by atoms with Gasteiger partial charge in [-0.25, -0.2) is 0 Å². The molecule has 1 atom stereocenters. The second-order valence-corrected chi connectivity index (χ2v) is 10.5. The molecule has 1 unspecified atom stereocenters. The Morgan fingerprint density at radius 3 is 2.10 bits per heavy atom. The summed E-state index contributed by atoms with van der Waals surface area (Å²) in [5.41, 5.74) is 7.27. The number of H-pyrrole nitrogens is 1. The molecule has 0 aliphatic carbocycles. The number of aryl methyl sites for hydroxylation is 1. The van der Waals surface area contributed by atoms with Gasteiger partial charge >= 0.3 is 0 Å². The Morgan fingerprint density at radius 2 is 1.44 bits per heavy atom. The molecule has 5 nitrogen and oxygen atoms in total. The number of ether oxygens (including phenoxy) is 1. The number of nitrogens with one attached hydrogen (secondary N) is 1. The van der Waals surface area contributed by atoms with Crippen LogP contribution in [0.3, 0.4) is 0 Å². The fourth-order valence-corrected chi connectivity index (χ4v) is 5.17. The van der Waals surface area contributed by atoms with Gasteiger partial charge in [-0.15, -0.1) is 0 Å². The Kier molecular flexibility index (Phi) is 6.86. The van der Waals surface area contributed by atoms with Crippen LogP contribution >= 0.6 is 23.2 Å². The molecule has 1 aromatic heterocycles. The van der Waals surface area contributed by atoms with Crippen LogP contribution in [0, 0.1) is 6.92 Å². The SMILES string of the molecule is Cc1ccc(CN2C(=O)c3[nH]nc(-c4ccc(Cl)cc4)c3C2c2ccc(OCc3ccc(Cl)cc3)cc2)cc1. The smallest absolute Gasteiger partial charge is 0.273 e. The molecule has 0 spiro atoms. The number of rotatable bonds is 7. The van der Waals surface area contributed by atoms with E-state index < -0.39 is 0 Å². The number of amides is 1. The number of carbonyl (C=O) groups is 1. The van der Waals surface area contributed by atoms with Gasteiger partial charge in [0.25, 0.3) is 5.91 Å². The number of hydrogen-bond donors (Lipinski definition) is 1. The van der Waals surface area contributed by atoms with Crippen molar-refractivity contribution in [3.8, 4) is 17.0 Å². The van der Waals surface area contributed by atoms with Crippen molar-refractivity contribution in [2.75, 3.05) is 0 Å². The second kappa shape index (κ2) is 10.6. The molecule has 0 radical (unpaired) electrons. The molecule has 2 heterocycles. The molecule has 0 fully saturated rings. The van der Waals surface area contributed by atoms with Crippen molar-refractivity contribution in [2.45, 2.75) is 26.1 Å². The lowest BCUT2D eigenvalue weighted by Crippen LogP contribution is -2.29. The van der Waals surface area contributed by atoms with Gasteiger partial charge < -0.3 is 9.64 Å². The maximum atomic E-state index is 13.7. The Labute approximate surface area is 237 Å². The van der Waals surface area contributed by atoms with E-state index in [1.807, 2.05) is 77.7 Å². The van der Waals surface area contributed by atoms with Crippen LogP contribution in [-0.4, -0.2) is 21.0 Å². The molecule has 39 heavy (non-hydrogen) atoms. The predicted octanol–water partition coefficient (Wildman–Crippen LogP) is 8.02. The largest absolute Gasteiger partial charge is 0.489 e. The molecule has 0 saturated carbocycles. The second-order valence-electron chi connectivity index (χ2n) is 9.67.